The van der Waals surface area contributed by atoms with E-state index in [4.69, 9.17) is 14.7 Å². The van der Waals surface area contributed by atoms with E-state index >= 15 is 0 Å². The molecule has 0 bridgehead atoms. The fraction of sp³-hybridized carbons (Fsp3) is 0.769. The second-order valence-corrected chi connectivity index (χ2v) is 5.97. The normalized spacial score (nSPS) is 22.0. The quantitative estimate of drug-likeness (QED) is 0.744. The molecule has 20 heavy (non-hydrogen) atoms. The Morgan fingerprint density at radius 1 is 1.25 bits per heavy atom. The molecule has 1 saturated heterocycles. The summed E-state index contributed by atoms with van der Waals surface area (Å²) in [6, 6.07) is 2.03. The van der Waals surface area contributed by atoms with E-state index in [0.29, 0.717) is 43.8 Å². The molecule has 0 N–H and O–H groups in total. The van der Waals surface area contributed by atoms with Crippen molar-refractivity contribution in [3.63, 3.8) is 0 Å². The molecule has 2 aliphatic rings. The predicted octanol–water partition coefficient (Wildman–Crippen LogP) is 3.77. The van der Waals surface area contributed by atoms with Gasteiger partial charge in [-0.1, -0.05) is 0 Å². The van der Waals surface area contributed by atoms with Crippen LogP contribution in [0.4, 0.5) is 13.2 Å². The molecule has 1 aliphatic carbocycles. The molecular weight excluding hydrogens is 291 g/mol. The Bertz CT molecular complexity index is 410. The molecule has 0 aromatic carbocycles. The summed E-state index contributed by atoms with van der Waals surface area (Å²) in [7, 11) is 0. The van der Waals surface area contributed by atoms with Crippen LogP contribution in [-0.4, -0.2) is 30.9 Å². The van der Waals surface area contributed by atoms with Crippen LogP contribution in [0.5, 0.6) is 0 Å². The zero-order valence-corrected chi connectivity index (χ0v) is 11.8. The average Bonchev–Trinajstić information content (AvgIpc) is 2.83. The van der Waals surface area contributed by atoms with Crippen molar-refractivity contribution in [3.8, 4) is 6.07 Å². The van der Waals surface area contributed by atoms with Crippen molar-refractivity contribution in [1.29, 1.82) is 5.26 Å². The first-order chi connectivity index (χ1) is 9.44. The number of halogens is 3. The van der Waals surface area contributed by atoms with Crippen LogP contribution >= 0.6 is 11.8 Å². The van der Waals surface area contributed by atoms with Gasteiger partial charge in [0.1, 0.15) is 6.07 Å². The molecule has 1 heterocycles. The summed E-state index contributed by atoms with van der Waals surface area (Å²) in [4.78, 5) is 0.432. The van der Waals surface area contributed by atoms with Crippen LogP contribution in [0.2, 0.25) is 0 Å². The van der Waals surface area contributed by atoms with Gasteiger partial charge in [0.25, 0.3) is 0 Å². The molecular formula is C13H16F3NO2S. The van der Waals surface area contributed by atoms with E-state index in [1.807, 2.05) is 6.07 Å². The molecule has 0 atom stereocenters. The summed E-state index contributed by atoms with van der Waals surface area (Å²) >= 11 is 1.00. The molecule has 0 amide bonds. The molecule has 0 radical (unpaired) electrons. The molecule has 0 aromatic heterocycles. The molecule has 3 nitrogen and oxygen atoms in total. The van der Waals surface area contributed by atoms with Gasteiger partial charge in [-0.15, -0.1) is 11.8 Å². The number of alkyl halides is 3. The van der Waals surface area contributed by atoms with Crippen molar-refractivity contribution in [2.75, 3.05) is 19.0 Å². The lowest BCUT2D eigenvalue weighted by atomic mass is 9.89. The number of allylic oxidation sites excluding steroid dienone is 2. The molecule has 1 spiro atoms. The van der Waals surface area contributed by atoms with Gasteiger partial charge in [-0.05, 0) is 18.4 Å². The number of hydrogen-bond acceptors (Lipinski definition) is 4. The Labute approximate surface area is 120 Å². The SMILES string of the molecule is N#CC(SCCC(F)(F)F)=C1CCC2(CC1)OCCO2. The first-order valence-electron chi connectivity index (χ1n) is 6.54. The highest BCUT2D eigenvalue weighted by Crippen LogP contribution is 2.40. The Kier molecular flexibility index (Phi) is 4.99. The Balaban J connectivity index is 1.89. The first-order valence-corrected chi connectivity index (χ1v) is 7.52. The summed E-state index contributed by atoms with van der Waals surface area (Å²) in [5, 5.41) is 9.09. The van der Waals surface area contributed by atoms with E-state index < -0.39 is 18.4 Å². The fourth-order valence-corrected chi connectivity index (χ4v) is 3.44. The van der Waals surface area contributed by atoms with Crippen molar-refractivity contribution >= 4 is 11.8 Å². The van der Waals surface area contributed by atoms with Crippen LogP contribution in [0.15, 0.2) is 10.5 Å². The van der Waals surface area contributed by atoms with Crippen LogP contribution in [0.25, 0.3) is 0 Å². The molecule has 1 saturated carbocycles. The standard InChI is InChI=1S/C13H16F3NO2S/c14-13(15,16)5-8-20-11(9-17)10-1-3-12(4-2-10)18-6-7-19-12/h1-8H2. The van der Waals surface area contributed by atoms with Crippen molar-refractivity contribution in [3.05, 3.63) is 10.5 Å². The zero-order valence-electron chi connectivity index (χ0n) is 11.0. The van der Waals surface area contributed by atoms with E-state index in [1.54, 1.807) is 0 Å². The van der Waals surface area contributed by atoms with Gasteiger partial charge in [0.2, 0.25) is 0 Å². The number of hydrogen-bond donors (Lipinski definition) is 0. The first kappa shape index (κ1) is 15.7. The van der Waals surface area contributed by atoms with Gasteiger partial charge in [-0.25, -0.2) is 0 Å². The van der Waals surface area contributed by atoms with E-state index in [9.17, 15) is 13.2 Å². The number of rotatable bonds is 3. The predicted molar refractivity (Wildman–Crippen MR) is 68.9 cm³/mol. The smallest absolute Gasteiger partial charge is 0.348 e. The Morgan fingerprint density at radius 3 is 2.35 bits per heavy atom. The highest BCUT2D eigenvalue weighted by Gasteiger charge is 2.39. The van der Waals surface area contributed by atoms with Crippen molar-refractivity contribution in [2.24, 2.45) is 0 Å². The third-order valence-corrected chi connectivity index (χ3v) is 4.56. The van der Waals surface area contributed by atoms with Gasteiger partial charge in [0, 0.05) is 18.6 Å². The van der Waals surface area contributed by atoms with Crippen molar-refractivity contribution < 1.29 is 22.6 Å². The van der Waals surface area contributed by atoms with Gasteiger partial charge in [0.15, 0.2) is 5.79 Å². The van der Waals surface area contributed by atoms with Gasteiger partial charge in [-0.3, -0.25) is 0 Å². The molecule has 2 rings (SSSR count). The maximum absolute atomic E-state index is 12.1. The molecule has 7 heteroatoms. The van der Waals surface area contributed by atoms with Crippen LogP contribution in [0.1, 0.15) is 32.1 Å². The molecule has 0 aromatic rings. The van der Waals surface area contributed by atoms with Crippen LogP contribution in [-0.2, 0) is 9.47 Å². The lowest BCUT2D eigenvalue weighted by molar-refractivity contribution is -0.171. The summed E-state index contributed by atoms with van der Waals surface area (Å²) in [6.07, 6.45) is -2.38. The van der Waals surface area contributed by atoms with Crippen LogP contribution in [0.3, 0.4) is 0 Å². The lowest BCUT2D eigenvalue weighted by Crippen LogP contribution is -2.33. The maximum Gasteiger partial charge on any atom is 0.389 e. The maximum atomic E-state index is 12.1. The van der Waals surface area contributed by atoms with Gasteiger partial charge < -0.3 is 9.47 Å². The molecule has 2 fully saturated rings. The van der Waals surface area contributed by atoms with Crippen molar-refractivity contribution in [2.45, 2.75) is 44.1 Å². The van der Waals surface area contributed by atoms with Gasteiger partial charge in [0.05, 0.1) is 24.5 Å². The van der Waals surface area contributed by atoms with Crippen molar-refractivity contribution in [1.82, 2.24) is 0 Å². The molecule has 0 unspecified atom stereocenters. The Hall–Kier alpha value is -0.710. The zero-order chi connectivity index (χ0) is 14.6. The van der Waals surface area contributed by atoms with E-state index in [-0.39, 0.29) is 5.75 Å². The highest BCUT2D eigenvalue weighted by atomic mass is 32.2. The molecule has 1 aliphatic heterocycles. The Morgan fingerprint density at radius 2 is 1.85 bits per heavy atom. The summed E-state index contributed by atoms with van der Waals surface area (Å²) in [6.45, 7) is 1.18. The second-order valence-electron chi connectivity index (χ2n) is 4.87. The van der Waals surface area contributed by atoms with Crippen LogP contribution < -0.4 is 0 Å². The monoisotopic (exact) mass is 307 g/mol. The van der Waals surface area contributed by atoms with E-state index in [0.717, 1.165) is 17.3 Å². The summed E-state index contributed by atoms with van der Waals surface area (Å²) < 4.78 is 47.5. The summed E-state index contributed by atoms with van der Waals surface area (Å²) in [5.41, 5.74) is 0.935. The fourth-order valence-electron chi connectivity index (χ4n) is 2.43. The number of nitrogens with zero attached hydrogens (tertiary/aromatic N) is 1. The van der Waals surface area contributed by atoms with Crippen LogP contribution in [0, 0.1) is 11.3 Å². The van der Waals surface area contributed by atoms with E-state index in [2.05, 4.69) is 0 Å². The summed E-state index contributed by atoms with van der Waals surface area (Å²) in [5.74, 6) is -0.616. The molecule has 112 valence electrons. The topological polar surface area (TPSA) is 42.2 Å². The van der Waals surface area contributed by atoms with Gasteiger partial charge >= 0.3 is 6.18 Å². The number of thioether (sulfide) groups is 1. The van der Waals surface area contributed by atoms with Gasteiger partial charge in [-0.2, -0.15) is 18.4 Å². The minimum Gasteiger partial charge on any atom is -0.348 e. The number of ether oxygens (including phenoxy) is 2. The lowest BCUT2D eigenvalue weighted by Gasteiger charge is -2.32. The minimum absolute atomic E-state index is 0.103. The second kappa shape index (κ2) is 6.37. The minimum atomic E-state index is -4.17. The largest absolute Gasteiger partial charge is 0.389 e. The van der Waals surface area contributed by atoms with E-state index in [1.165, 1.54) is 0 Å². The highest BCUT2D eigenvalue weighted by molar-refractivity contribution is 8.03. The number of nitriles is 1. The third-order valence-electron chi connectivity index (χ3n) is 3.48. The average molecular weight is 307 g/mol. The third kappa shape index (κ3) is 4.14.